The summed E-state index contributed by atoms with van der Waals surface area (Å²) in [6.07, 6.45) is 6.40. The molecule has 192 valence electrons. The molecular weight excluding hydrogens is 472 g/mol. The maximum Gasteiger partial charge on any atom is 0.323 e. The number of carbonyl (C=O) groups excluding carboxylic acids is 3. The van der Waals surface area contributed by atoms with E-state index in [0.29, 0.717) is 30.1 Å². The van der Waals surface area contributed by atoms with Crippen LogP contribution in [0.4, 0.5) is 4.79 Å². The Kier molecular flexibility index (Phi) is 6.48. The van der Waals surface area contributed by atoms with Gasteiger partial charge in [-0.1, -0.05) is 36.1 Å². The van der Waals surface area contributed by atoms with E-state index in [1.807, 2.05) is 24.3 Å². The second-order valence-corrected chi connectivity index (χ2v) is 9.72. The summed E-state index contributed by atoms with van der Waals surface area (Å²) < 4.78 is 5.23. The van der Waals surface area contributed by atoms with Crippen LogP contribution in [0.1, 0.15) is 29.3 Å². The Morgan fingerprint density at radius 3 is 2.81 bits per heavy atom. The second kappa shape index (κ2) is 9.75. The first kappa shape index (κ1) is 24.6. The molecule has 1 aromatic rings. The van der Waals surface area contributed by atoms with Crippen LogP contribution in [-0.4, -0.2) is 78.4 Å². The van der Waals surface area contributed by atoms with Crippen molar-refractivity contribution in [1.82, 2.24) is 25.8 Å². The largest absolute Gasteiger partial charge is 0.497 e. The quantitative estimate of drug-likeness (QED) is 0.211. The number of allylic oxidation sites excluding steroid dienone is 2. The summed E-state index contributed by atoms with van der Waals surface area (Å²) in [5, 5.41) is 16.9. The average molecular weight is 503 g/mol. The van der Waals surface area contributed by atoms with Gasteiger partial charge in [0, 0.05) is 49.3 Å². The Hall–Kier alpha value is -4.10. The SMILES string of the molecule is COc1ccc2c(c1)C(=O)N(CC1(C#CC3C=CC(C(=N)N4CCNCC4C)=CC3)NC(=O)NC1=O)C2. The van der Waals surface area contributed by atoms with Gasteiger partial charge in [0.25, 0.3) is 11.8 Å². The molecule has 37 heavy (non-hydrogen) atoms. The van der Waals surface area contributed by atoms with Gasteiger partial charge in [-0.25, -0.2) is 4.79 Å². The molecule has 0 spiro atoms. The van der Waals surface area contributed by atoms with Crippen LogP contribution in [-0.2, 0) is 11.3 Å². The molecule has 0 aromatic heterocycles. The molecule has 2 saturated heterocycles. The summed E-state index contributed by atoms with van der Waals surface area (Å²) in [4.78, 5) is 41.6. The summed E-state index contributed by atoms with van der Waals surface area (Å²) in [5.41, 5.74) is 0.651. The topological polar surface area (TPSA) is 127 Å². The van der Waals surface area contributed by atoms with Crippen molar-refractivity contribution in [3.05, 3.63) is 53.1 Å². The molecule has 5 rings (SSSR count). The van der Waals surface area contributed by atoms with Gasteiger partial charge in [0.05, 0.1) is 13.7 Å². The molecule has 3 heterocycles. The Labute approximate surface area is 215 Å². The summed E-state index contributed by atoms with van der Waals surface area (Å²) in [6.45, 7) is 4.83. The highest BCUT2D eigenvalue weighted by Crippen LogP contribution is 2.29. The predicted molar refractivity (Wildman–Crippen MR) is 137 cm³/mol. The molecule has 10 nitrogen and oxygen atoms in total. The number of benzene rings is 1. The van der Waals surface area contributed by atoms with Crippen LogP contribution in [0.3, 0.4) is 0 Å². The maximum atomic E-state index is 13.1. The van der Waals surface area contributed by atoms with E-state index >= 15 is 0 Å². The highest BCUT2D eigenvalue weighted by Gasteiger charge is 2.48. The number of urea groups is 1. The number of amides is 4. The van der Waals surface area contributed by atoms with Gasteiger partial charge in [0.2, 0.25) is 0 Å². The molecule has 0 bridgehead atoms. The van der Waals surface area contributed by atoms with Crippen molar-refractivity contribution >= 4 is 23.7 Å². The number of hydrogen-bond donors (Lipinski definition) is 4. The molecule has 3 unspecified atom stereocenters. The molecule has 4 aliphatic rings. The minimum Gasteiger partial charge on any atom is -0.497 e. The summed E-state index contributed by atoms with van der Waals surface area (Å²) in [7, 11) is 1.54. The maximum absolute atomic E-state index is 13.1. The summed E-state index contributed by atoms with van der Waals surface area (Å²) in [6, 6.07) is 4.91. The first-order chi connectivity index (χ1) is 17.8. The molecule has 1 aliphatic carbocycles. The molecule has 4 N–H and O–H groups in total. The van der Waals surface area contributed by atoms with E-state index in [0.717, 1.165) is 30.8 Å². The van der Waals surface area contributed by atoms with E-state index in [4.69, 9.17) is 10.1 Å². The molecule has 1 aromatic carbocycles. The number of carbonyl (C=O) groups is 3. The van der Waals surface area contributed by atoms with E-state index in [9.17, 15) is 14.4 Å². The van der Waals surface area contributed by atoms with E-state index < -0.39 is 17.5 Å². The van der Waals surface area contributed by atoms with Gasteiger partial charge >= 0.3 is 6.03 Å². The number of methoxy groups -OCH3 is 1. The zero-order chi connectivity index (χ0) is 26.2. The number of piperazine rings is 1. The molecule has 10 heteroatoms. The number of hydrogen-bond acceptors (Lipinski definition) is 6. The van der Waals surface area contributed by atoms with Crippen LogP contribution in [0, 0.1) is 23.2 Å². The van der Waals surface area contributed by atoms with Gasteiger partial charge in [-0.15, -0.1) is 0 Å². The van der Waals surface area contributed by atoms with Crippen LogP contribution in [0.5, 0.6) is 5.75 Å². The van der Waals surface area contributed by atoms with Crippen molar-refractivity contribution in [1.29, 1.82) is 5.41 Å². The minimum atomic E-state index is -1.54. The molecule has 4 amide bonds. The molecule has 3 aliphatic heterocycles. The lowest BCUT2D eigenvalue weighted by Gasteiger charge is -2.36. The van der Waals surface area contributed by atoms with E-state index in [-0.39, 0.29) is 24.4 Å². The molecule has 2 fully saturated rings. The van der Waals surface area contributed by atoms with E-state index in [1.165, 1.54) is 12.0 Å². The van der Waals surface area contributed by atoms with Gasteiger partial charge in [-0.2, -0.15) is 0 Å². The average Bonchev–Trinajstić information content (AvgIpc) is 3.36. The van der Waals surface area contributed by atoms with Crippen LogP contribution in [0.2, 0.25) is 0 Å². The van der Waals surface area contributed by atoms with Crippen LogP contribution >= 0.6 is 0 Å². The van der Waals surface area contributed by atoms with Gasteiger partial charge in [0.15, 0.2) is 5.54 Å². The van der Waals surface area contributed by atoms with Crippen LogP contribution in [0.15, 0.2) is 42.0 Å². The van der Waals surface area contributed by atoms with Crippen molar-refractivity contribution in [3.63, 3.8) is 0 Å². The van der Waals surface area contributed by atoms with Crippen LogP contribution in [0.25, 0.3) is 0 Å². The van der Waals surface area contributed by atoms with Crippen molar-refractivity contribution in [2.45, 2.75) is 31.5 Å². The Bertz CT molecular complexity index is 1290. The normalized spacial score (nSPS) is 26.6. The summed E-state index contributed by atoms with van der Waals surface area (Å²) in [5.74, 6) is 6.19. The van der Waals surface area contributed by atoms with Crippen molar-refractivity contribution in [3.8, 4) is 17.6 Å². The van der Waals surface area contributed by atoms with Crippen molar-refractivity contribution in [2.24, 2.45) is 5.92 Å². The zero-order valence-electron chi connectivity index (χ0n) is 20.9. The number of amidine groups is 1. The van der Waals surface area contributed by atoms with Crippen LogP contribution < -0.4 is 20.7 Å². The third-order valence-corrected chi connectivity index (χ3v) is 7.20. The number of ether oxygens (including phenoxy) is 1. The molecule has 0 radical (unpaired) electrons. The monoisotopic (exact) mass is 502 g/mol. The Morgan fingerprint density at radius 1 is 1.30 bits per heavy atom. The Morgan fingerprint density at radius 2 is 2.14 bits per heavy atom. The molecule has 3 atom stereocenters. The van der Waals surface area contributed by atoms with Crippen molar-refractivity contribution < 1.29 is 19.1 Å². The first-order valence-electron chi connectivity index (χ1n) is 12.4. The Balaban J connectivity index is 1.31. The third kappa shape index (κ3) is 4.70. The lowest BCUT2D eigenvalue weighted by molar-refractivity contribution is -0.122. The fourth-order valence-electron chi connectivity index (χ4n) is 5.07. The number of nitrogens with zero attached hydrogens (tertiary/aromatic N) is 2. The lowest BCUT2D eigenvalue weighted by atomic mass is 9.93. The predicted octanol–water partition coefficient (Wildman–Crippen LogP) is 1.01. The lowest BCUT2D eigenvalue weighted by Crippen LogP contribution is -2.54. The van der Waals surface area contributed by atoms with Gasteiger partial charge in [0.1, 0.15) is 11.6 Å². The van der Waals surface area contributed by atoms with E-state index in [2.05, 4.69) is 39.6 Å². The number of imide groups is 1. The van der Waals surface area contributed by atoms with Gasteiger partial charge < -0.3 is 25.2 Å². The number of rotatable bonds is 4. The standard InChI is InChI=1S/C27H30N6O4/c1-17-14-29-11-12-33(17)23(28)19-5-3-18(4-6-19)9-10-27(25(35)30-26(36)31-27)16-32-15-20-7-8-21(37-2)13-22(20)24(32)34/h3,5-8,13,17-18,28-29H,4,11-12,14-16H2,1-2H3,(H2,30,31,35,36). The van der Waals surface area contributed by atoms with Gasteiger partial charge in [-0.05, 0) is 31.0 Å². The molecule has 0 saturated carbocycles. The third-order valence-electron chi connectivity index (χ3n) is 7.20. The number of fused-ring (bicyclic) bond motifs is 1. The highest BCUT2D eigenvalue weighted by atomic mass is 16.5. The smallest absolute Gasteiger partial charge is 0.323 e. The molecular formula is C27H30N6O4. The van der Waals surface area contributed by atoms with E-state index in [1.54, 1.807) is 12.1 Å². The zero-order valence-corrected chi connectivity index (χ0v) is 20.9. The number of nitrogens with one attached hydrogen (secondary N) is 4. The highest BCUT2D eigenvalue weighted by molar-refractivity contribution is 6.10. The first-order valence-corrected chi connectivity index (χ1v) is 12.4. The fraction of sp³-hybridized carbons (Fsp3) is 0.407. The second-order valence-electron chi connectivity index (χ2n) is 9.72. The van der Waals surface area contributed by atoms with Gasteiger partial charge in [-0.3, -0.25) is 20.3 Å². The summed E-state index contributed by atoms with van der Waals surface area (Å²) >= 11 is 0. The minimum absolute atomic E-state index is 0.0730. The fourth-order valence-corrected chi connectivity index (χ4v) is 5.07. The van der Waals surface area contributed by atoms with Crippen molar-refractivity contribution in [2.75, 3.05) is 33.3 Å².